The fraction of sp³-hybridized carbons (Fsp3) is 0.538. The molecule has 0 atom stereocenters. The van der Waals surface area contributed by atoms with E-state index in [9.17, 15) is 0 Å². The molecule has 0 saturated carbocycles. The van der Waals surface area contributed by atoms with Crippen LogP contribution in [0.1, 0.15) is 32.3 Å². The van der Waals surface area contributed by atoms with E-state index < -0.39 is 0 Å². The lowest BCUT2D eigenvalue weighted by atomic mass is 10.1. The van der Waals surface area contributed by atoms with Gasteiger partial charge in [-0.2, -0.15) is 0 Å². The second-order valence-corrected chi connectivity index (χ2v) is 5.37. The number of nitrogens with zero attached hydrogens (tertiary/aromatic N) is 1. The summed E-state index contributed by atoms with van der Waals surface area (Å²) in [6.45, 7) is 6.73. The van der Waals surface area contributed by atoms with Gasteiger partial charge in [0.25, 0.3) is 0 Å². The van der Waals surface area contributed by atoms with Gasteiger partial charge in [0.05, 0.1) is 0 Å². The van der Waals surface area contributed by atoms with E-state index in [4.69, 9.17) is 0 Å². The summed E-state index contributed by atoms with van der Waals surface area (Å²) in [7, 11) is 0. The zero-order valence-corrected chi connectivity index (χ0v) is 13.1. The van der Waals surface area contributed by atoms with Gasteiger partial charge in [-0.1, -0.05) is 45.7 Å². The molecule has 1 aromatic rings. The molecular weight excluding hydrogens is 330 g/mol. The predicted molar refractivity (Wildman–Crippen MR) is 79.6 cm³/mol. The second kappa shape index (κ2) is 7.33. The van der Waals surface area contributed by atoms with E-state index in [1.807, 2.05) is 0 Å². The van der Waals surface area contributed by atoms with Crippen LogP contribution < -0.4 is 4.90 Å². The maximum Gasteiger partial charge on any atom is 0.0408 e. The van der Waals surface area contributed by atoms with Gasteiger partial charge in [0.15, 0.2) is 0 Å². The number of rotatable bonds is 6. The lowest BCUT2D eigenvalue weighted by Crippen LogP contribution is -2.25. The van der Waals surface area contributed by atoms with Crippen molar-refractivity contribution >= 4 is 37.5 Å². The highest BCUT2D eigenvalue weighted by Gasteiger charge is 2.09. The Morgan fingerprint density at radius 3 is 2.25 bits per heavy atom. The first kappa shape index (κ1) is 14.0. The molecule has 0 spiro atoms. The lowest BCUT2D eigenvalue weighted by molar-refractivity contribution is 0.742. The van der Waals surface area contributed by atoms with E-state index in [0.717, 1.165) is 22.9 Å². The monoisotopic (exact) mass is 347 g/mol. The summed E-state index contributed by atoms with van der Waals surface area (Å²) in [5, 5.41) is 0.908. The summed E-state index contributed by atoms with van der Waals surface area (Å²) in [6.07, 6.45) is 2.38. The first-order chi connectivity index (χ1) is 7.72. The molecule has 0 N–H and O–H groups in total. The molecule has 0 aliphatic rings. The molecule has 0 amide bonds. The zero-order chi connectivity index (χ0) is 12.0. The van der Waals surface area contributed by atoms with Crippen LogP contribution in [-0.2, 0) is 5.33 Å². The molecule has 90 valence electrons. The van der Waals surface area contributed by atoms with Gasteiger partial charge in [-0.05, 0) is 36.6 Å². The van der Waals surface area contributed by atoms with E-state index in [1.165, 1.54) is 24.1 Å². The molecule has 1 rings (SSSR count). The van der Waals surface area contributed by atoms with Crippen LogP contribution in [0, 0.1) is 0 Å². The highest BCUT2D eigenvalue weighted by molar-refractivity contribution is 9.10. The Balaban J connectivity index is 2.97. The van der Waals surface area contributed by atoms with Crippen molar-refractivity contribution in [2.45, 2.75) is 32.0 Å². The van der Waals surface area contributed by atoms with Crippen molar-refractivity contribution in [3.05, 3.63) is 28.2 Å². The van der Waals surface area contributed by atoms with Gasteiger partial charge in [0.2, 0.25) is 0 Å². The number of benzene rings is 1. The van der Waals surface area contributed by atoms with Crippen molar-refractivity contribution in [1.82, 2.24) is 0 Å². The van der Waals surface area contributed by atoms with Crippen LogP contribution >= 0.6 is 31.9 Å². The minimum absolute atomic E-state index is 0.908. The Labute approximate surface area is 115 Å². The topological polar surface area (TPSA) is 3.24 Å². The van der Waals surface area contributed by atoms with E-state index in [2.05, 4.69) is 68.8 Å². The van der Waals surface area contributed by atoms with E-state index >= 15 is 0 Å². The summed E-state index contributed by atoms with van der Waals surface area (Å²) in [4.78, 5) is 2.48. The average Bonchev–Trinajstić information content (AvgIpc) is 2.28. The highest BCUT2D eigenvalue weighted by Crippen LogP contribution is 2.27. The molecule has 0 bridgehead atoms. The average molecular weight is 349 g/mol. The van der Waals surface area contributed by atoms with Crippen LogP contribution in [0.25, 0.3) is 0 Å². The van der Waals surface area contributed by atoms with Gasteiger partial charge >= 0.3 is 0 Å². The van der Waals surface area contributed by atoms with Crippen molar-refractivity contribution < 1.29 is 0 Å². The third kappa shape index (κ3) is 3.77. The first-order valence-corrected chi connectivity index (χ1v) is 7.73. The quantitative estimate of drug-likeness (QED) is 0.656. The van der Waals surface area contributed by atoms with E-state index in [0.29, 0.717) is 0 Å². The number of anilines is 1. The third-order valence-corrected chi connectivity index (χ3v) is 3.61. The standard InChI is InChI=1S/C13H19Br2N/c1-3-7-16(8-4-2)13-6-5-12(15)9-11(13)10-14/h5-6,9H,3-4,7-8,10H2,1-2H3. The molecule has 1 nitrogen and oxygen atoms in total. The van der Waals surface area contributed by atoms with Gasteiger partial charge in [-0.15, -0.1) is 0 Å². The van der Waals surface area contributed by atoms with E-state index in [-0.39, 0.29) is 0 Å². The van der Waals surface area contributed by atoms with Crippen LogP contribution in [0.2, 0.25) is 0 Å². The summed E-state index contributed by atoms with van der Waals surface area (Å²) in [5.74, 6) is 0. The SMILES string of the molecule is CCCN(CCC)c1ccc(Br)cc1CBr. The van der Waals surface area contributed by atoms with E-state index in [1.54, 1.807) is 0 Å². The van der Waals surface area contributed by atoms with Crippen LogP contribution in [0.3, 0.4) is 0 Å². The van der Waals surface area contributed by atoms with Crippen LogP contribution in [0.15, 0.2) is 22.7 Å². The van der Waals surface area contributed by atoms with Gasteiger partial charge in [0, 0.05) is 28.6 Å². The van der Waals surface area contributed by atoms with Crippen molar-refractivity contribution in [2.75, 3.05) is 18.0 Å². The van der Waals surface area contributed by atoms with Gasteiger partial charge in [0.1, 0.15) is 0 Å². The predicted octanol–water partition coefficient (Wildman–Crippen LogP) is 4.97. The first-order valence-electron chi connectivity index (χ1n) is 5.82. The summed E-state index contributed by atoms with van der Waals surface area (Å²) >= 11 is 7.09. The molecule has 3 heteroatoms. The van der Waals surface area contributed by atoms with Gasteiger partial charge in [-0.25, -0.2) is 0 Å². The Morgan fingerprint density at radius 2 is 1.75 bits per heavy atom. The molecule has 0 unspecified atom stereocenters. The number of alkyl halides is 1. The minimum Gasteiger partial charge on any atom is -0.371 e. The maximum absolute atomic E-state index is 3.57. The van der Waals surface area contributed by atoms with Crippen molar-refractivity contribution in [1.29, 1.82) is 0 Å². The summed E-state index contributed by atoms with van der Waals surface area (Å²) in [6, 6.07) is 6.54. The van der Waals surface area contributed by atoms with Crippen LogP contribution in [0.4, 0.5) is 5.69 Å². The maximum atomic E-state index is 3.57. The molecule has 0 fully saturated rings. The molecule has 0 aromatic heterocycles. The Bertz CT molecular complexity index is 320. The molecule has 16 heavy (non-hydrogen) atoms. The van der Waals surface area contributed by atoms with Gasteiger partial charge in [-0.3, -0.25) is 0 Å². The number of hydrogen-bond donors (Lipinski definition) is 0. The molecule has 0 heterocycles. The minimum atomic E-state index is 0.908. The zero-order valence-electron chi connectivity index (χ0n) is 9.97. The molecule has 0 radical (unpaired) electrons. The second-order valence-electron chi connectivity index (χ2n) is 3.89. The summed E-state index contributed by atoms with van der Waals surface area (Å²) in [5.41, 5.74) is 2.72. The Morgan fingerprint density at radius 1 is 1.12 bits per heavy atom. The van der Waals surface area contributed by atoms with Crippen LogP contribution in [-0.4, -0.2) is 13.1 Å². The molecule has 0 aliphatic heterocycles. The molecule has 0 aliphatic carbocycles. The van der Waals surface area contributed by atoms with Gasteiger partial charge < -0.3 is 4.90 Å². The van der Waals surface area contributed by atoms with Crippen molar-refractivity contribution in [3.8, 4) is 0 Å². The molecular formula is C13H19Br2N. The normalized spacial score (nSPS) is 10.5. The lowest BCUT2D eigenvalue weighted by Gasteiger charge is -2.26. The Kier molecular flexibility index (Phi) is 6.44. The summed E-state index contributed by atoms with van der Waals surface area (Å²) < 4.78 is 1.15. The number of hydrogen-bond acceptors (Lipinski definition) is 1. The van der Waals surface area contributed by atoms with Crippen LogP contribution in [0.5, 0.6) is 0 Å². The van der Waals surface area contributed by atoms with Crippen molar-refractivity contribution in [2.24, 2.45) is 0 Å². The smallest absolute Gasteiger partial charge is 0.0408 e. The Hall–Kier alpha value is -0.0200. The number of halogens is 2. The fourth-order valence-electron chi connectivity index (χ4n) is 1.86. The molecule has 0 saturated heterocycles. The third-order valence-electron chi connectivity index (χ3n) is 2.51. The fourth-order valence-corrected chi connectivity index (χ4v) is 2.72. The highest BCUT2D eigenvalue weighted by atomic mass is 79.9. The largest absolute Gasteiger partial charge is 0.371 e. The van der Waals surface area contributed by atoms with Crippen molar-refractivity contribution in [3.63, 3.8) is 0 Å². The molecule has 1 aromatic carbocycles.